The maximum atomic E-state index is 12.1. The molecule has 0 unspecified atom stereocenters. The molecule has 3 heterocycles. The van der Waals surface area contributed by atoms with Gasteiger partial charge in [-0.05, 0) is 24.1 Å². The number of nitrogens with zero attached hydrogens (tertiary/aromatic N) is 2. The van der Waals surface area contributed by atoms with E-state index in [0.29, 0.717) is 17.7 Å². The average molecular weight is 299 g/mol. The molecule has 22 heavy (non-hydrogen) atoms. The standard InChI is InChI=1S/C15H13N3O4/c1-2-9-7-11(19)22-14-12(9)13(20)17-15(18-14)21-8-10-5-3-4-6-16-10/h3-7H,2,8H2,1H3,(H,17,18,20). The van der Waals surface area contributed by atoms with E-state index in [2.05, 4.69) is 15.0 Å². The van der Waals surface area contributed by atoms with Crippen LogP contribution in [0.4, 0.5) is 0 Å². The number of H-pyrrole nitrogens is 1. The van der Waals surface area contributed by atoms with Crippen LogP contribution >= 0.6 is 0 Å². The maximum absolute atomic E-state index is 12.1. The van der Waals surface area contributed by atoms with Crippen molar-refractivity contribution < 1.29 is 9.15 Å². The van der Waals surface area contributed by atoms with E-state index < -0.39 is 11.2 Å². The molecule has 0 aliphatic rings. The molecular weight excluding hydrogens is 286 g/mol. The van der Waals surface area contributed by atoms with Crippen LogP contribution in [-0.2, 0) is 13.0 Å². The molecule has 112 valence electrons. The predicted octanol–water partition coefficient (Wildman–Crippen LogP) is 1.41. The van der Waals surface area contributed by atoms with E-state index in [-0.39, 0.29) is 23.7 Å². The molecule has 0 fully saturated rings. The Morgan fingerprint density at radius 3 is 2.91 bits per heavy atom. The third kappa shape index (κ3) is 2.73. The molecule has 0 amide bonds. The molecule has 0 bridgehead atoms. The van der Waals surface area contributed by atoms with Gasteiger partial charge in [0, 0.05) is 12.3 Å². The van der Waals surface area contributed by atoms with Gasteiger partial charge in [-0.3, -0.25) is 14.8 Å². The zero-order valence-electron chi connectivity index (χ0n) is 11.8. The number of ether oxygens (including phenoxy) is 1. The molecule has 0 saturated heterocycles. The smallest absolute Gasteiger partial charge is 0.337 e. The van der Waals surface area contributed by atoms with Crippen molar-refractivity contribution in [2.24, 2.45) is 0 Å². The Labute approximate surface area is 124 Å². The van der Waals surface area contributed by atoms with Crippen LogP contribution in [0.3, 0.4) is 0 Å². The zero-order valence-corrected chi connectivity index (χ0v) is 11.8. The highest BCUT2D eigenvalue weighted by atomic mass is 16.5. The lowest BCUT2D eigenvalue weighted by Crippen LogP contribution is -2.15. The summed E-state index contributed by atoms with van der Waals surface area (Å²) < 4.78 is 10.4. The van der Waals surface area contributed by atoms with Crippen LogP contribution in [0, 0.1) is 0 Å². The fraction of sp³-hybridized carbons (Fsp3) is 0.200. The number of aryl methyl sites for hydroxylation is 1. The van der Waals surface area contributed by atoms with E-state index in [1.54, 1.807) is 18.3 Å². The first kappa shape index (κ1) is 14.0. The number of hydrogen-bond acceptors (Lipinski definition) is 6. The Bertz CT molecular complexity index is 915. The van der Waals surface area contributed by atoms with Crippen LogP contribution in [0.25, 0.3) is 11.1 Å². The summed E-state index contributed by atoms with van der Waals surface area (Å²) in [5.74, 6) is 0. The molecule has 0 atom stereocenters. The minimum Gasteiger partial charge on any atom is -0.458 e. The van der Waals surface area contributed by atoms with Gasteiger partial charge in [0.05, 0.1) is 5.69 Å². The van der Waals surface area contributed by atoms with E-state index in [9.17, 15) is 9.59 Å². The summed E-state index contributed by atoms with van der Waals surface area (Å²) in [6.07, 6.45) is 2.17. The van der Waals surface area contributed by atoms with Crippen LogP contribution in [0.2, 0.25) is 0 Å². The summed E-state index contributed by atoms with van der Waals surface area (Å²) in [5.41, 5.74) is 0.314. The lowest BCUT2D eigenvalue weighted by molar-refractivity contribution is 0.275. The normalized spacial score (nSPS) is 10.8. The summed E-state index contributed by atoms with van der Waals surface area (Å²) in [6, 6.07) is 6.69. The highest BCUT2D eigenvalue weighted by molar-refractivity contribution is 5.75. The van der Waals surface area contributed by atoms with Gasteiger partial charge in [-0.2, -0.15) is 4.98 Å². The first-order chi connectivity index (χ1) is 10.7. The molecule has 7 heteroatoms. The number of hydrogen-bond donors (Lipinski definition) is 1. The van der Waals surface area contributed by atoms with Crippen molar-refractivity contribution in [2.75, 3.05) is 0 Å². The van der Waals surface area contributed by atoms with Crippen molar-refractivity contribution in [3.8, 4) is 6.01 Å². The lowest BCUT2D eigenvalue weighted by atomic mass is 10.1. The van der Waals surface area contributed by atoms with Gasteiger partial charge < -0.3 is 9.15 Å². The second-order valence-corrected chi connectivity index (χ2v) is 4.61. The van der Waals surface area contributed by atoms with Gasteiger partial charge >= 0.3 is 5.63 Å². The van der Waals surface area contributed by atoms with Crippen LogP contribution in [0.5, 0.6) is 6.01 Å². The first-order valence-electron chi connectivity index (χ1n) is 6.77. The average Bonchev–Trinajstić information content (AvgIpc) is 2.52. The van der Waals surface area contributed by atoms with Crippen molar-refractivity contribution in [3.05, 3.63) is 62.5 Å². The number of aromatic nitrogens is 3. The van der Waals surface area contributed by atoms with Gasteiger partial charge in [0.15, 0.2) is 0 Å². The van der Waals surface area contributed by atoms with Crippen LogP contribution in [0.15, 0.2) is 44.5 Å². The molecular formula is C15H13N3O4. The number of fused-ring (bicyclic) bond motifs is 1. The van der Waals surface area contributed by atoms with Crippen molar-refractivity contribution in [1.82, 2.24) is 15.0 Å². The van der Waals surface area contributed by atoms with E-state index in [1.165, 1.54) is 6.07 Å². The topological polar surface area (TPSA) is 98.1 Å². The highest BCUT2D eigenvalue weighted by Gasteiger charge is 2.12. The van der Waals surface area contributed by atoms with Gasteiger partial charge in [-0.1, -0.05) is 13.0 Å². The molecule has 0 aliphatic heterocycles. The molecule has 0 aliphatic carbocycles. The molecule has 3 aromatic rings. The van der Waals surface area contributed by atoms with Crippen molar-refractivity contribution in [2.45, 2.75) is 20.0 Å². The Hall–Kier alpha value is -2.96. The summed E-state index contributed by atoms with van der Waals surface area (Å²) in [5, 5.41) is 0.271. The predicted molar refractivity (Wildman–Crippen MR) is 78.8 cm³/mol. The lowest BCUT2D eigenvalue weighted by Gasteiger charge is -2.06. The minimum absolute atomic E-state index is 0.0143. The monoisotopic (exact) mass is 299 g/mol. The Balaban J connectivity index is 1.99. The third-order valence-electron chi connectivity index (χ3n) is 3.14. The number of nitrogens with one attached hydrogen (secondary N) is 1. The van der Waals surface area contributed by atoms with E-state index in [4.69, 9.17) is 9.15 Å². The maximum Gasteiger partial charge on any atom is 0.337 e. The van der Waals surface area contributed by atoms with Crippen LogP contribution in [-0.4, -0.2) is 15.0 Å². The number of pyridine rings is 1. The molecule has 3 aromatic heterocycles. The fourth-order valence-electron chi connectivity index (χ4n) is 2.10. The molecule has 0 radical (unpaired) electrons. The summed E-state index contributed by atoms with van der Waals surface area (Å²) in [4.78, 5) is 34.3. The van der Waals surface area contributed by atoms with Gasteiger partial charge in [0.2, 0.25) is 5.71 Å². The summed E-state index contributed by atoms with van der Waals surface area (Å²) >= 11 is 0. The van der Waals surface area contributed by atoms with Crippen molar-refractivity contribution >= 4 is 11.1 Å². The van der Waals surface area contributed by atoms with E-state index >= 15 is 0 Å². The van der Waals surface area contributed by atoms with Crippen LogP contribution in [0.1, 0.15) is 18.2 Å². The highest BCUT2D eigenvalue weighted by Crippen LogP contribution is 2.13. The van der Waals surface area contributed by atoms with E-state index in [1.807, 2.05) is 13.0 Å². The van der Waals surface area contributed by atoms with Gasteiger partial charge in [0.25, 0.3) is 11.6 Å². The van der Waals surface area contributed by atoms with Gasteiger partial charge in [-0.25, -0.2) is 4.79 Å². The molecule has 0 spiro atoms. The molecule has 0 saturated carbocycles. The Morgan fingerprint density at radius 1 is 1.32 bits per heavy atom. The molecule has 3 rings (SSSR count). The molecule has 1 N–H and O–H groups in total. The van der Waals surface area contributed by atoms with Crippen LogP contribution < -0.4 is 15.9 Å². The van der Waals surface area contributed by atoms with Gasteiger partial charge in [0.1, 0.15) is 12.0 Å². The Morgan fingerprint density at radius 2 is 2.18 bits per heavy atom. The summed E-state index contributed by atoms with van der Waals surface area (Å²) in [6.45, 7) is 1.99. The van der Waals surface area contributed by atoms with Gasteiger partial charge in [-0.15, -0.1) is 0 Å². The molecule has 0 aromatic carbocycles. The Kier molecular flexibility index (Phi) is 3.69. The second kappa shape index (κ2) is 5.80. The SMILES string of the molecule is CCc1cc(=O)oc2nc(OCc3ccccn3)[nH]c(=O)c12. The van der Waals surface area contributed by atoms with Crippen molar-refractivity contribution in [3.63, 3.8) is 0 Å². The summed E-state index contributed by atoms with van der Waals surface area (Å²) in [7, 11) is 0. The number of aromatic amines is 1. The minimum atomic E-state index is -0.543. The van der Waals surface area contributed by atoms with Crippen molar-refractivity contribution in [1.29, 1.82) is 0 Å². The molecule has 7 nitrogen and oxygen atoms in total. The second-order valence-electron chi connectivity index (χ2n) is 4.61. The quantitative estimate of drug-likeness (QED) is 0.782. The largest absolute Gasteiger partial charge is 0.458 e. The zero-order chi connectivity index (χ0) is 15.5. The third-order valence-corrected chi connectivity index (χ3v) is 3.14. The fourth-order valence-corrected chi connectivity index (χ4v) is 2.10. The number of rotatable bonds is 4. The first-order valence-corrected chi connectivity index (χ1v) is 6.77. The van der Waals surface area contributed by atoms with E-state index in [0.717, 1.165) is 0 Å².